The van der Waals surface area contributed by atoms with E-state index in [9.17, 15) is 9.59 Å². The highest BCUT2D eigenvalue weighted by Crippen LogP contribution is 2.36. The van der Waals surface area contributed by atoms with Gasteiger partial charge in [0.05, 0.1) is 25.9 Å². The number of carbonyl (C=O) groups excluding carboxylic acids is 2. The number of para-hydroxylation sites is 1. The second-order valence-electron chi connectivity index (χ2n) is 6.84. The number of aromatic amines is 1. The molecule has 0 spiro atoms. The summed E-state index contributed by atoms with van der Waals surface area (Å²) in [7, 11) is 1.55. The van der Waals surface area contributed by atoms with Crippen molar-refractivity contribution in [2.45, 2.75) is 19.9 Å². The third kappa shape index (κ3) is 3.63. The van der Waals surface area contributed by atoms with E-state index in [1.807, 2.05) is 24.3 Å². The molecule has 7 nitrogen and oxygen atoms in total. The van der Waals surface area contributed by atoms with Crippen molar-refractivity contribution < 1.29 is 23.8 Å². The molecule has 2 aromatic carbocycles. The van der Waals surface area contributed by atoms with E-state index in [0.29, 0.717) is 47.3 Å². The van der Waals surface area contributed by atoms with Crippen molar-refractivity contribution in [1.29, 1.82) is 0 Å². The fraction of sp³-hybridized carbons (Fsp3) is 0.273. The molecule has 0 bridgehead atoms. The second-order valence-corrected chi connectivity index (χ2v) is 6.84. The van der Waals surface area contributed by atoms with Gasteiger partial charge in [-0.3, -0.25) is 9.59 Å². The number of methoxy groups -OCH3 is 1. The van der Waals surface area contributed by atoms with Gasteiger partial charge in [0.1, 0.15) is 5.75 Å². The summed E-state index contributed by atoms with van der Waals surface area (Å²) >= 11 is 0. The molecular weight excluding hydrogens is 372 g/mol. The van der Waals surface area contributed by atoms with Crippen LogP contribution < -0.4 is 19.5 Å². The molecule has 0 aliphatic carbocycles. The normalized spacial score (nSPS) is 13.0. The van der Waals surface area contributed by atoms with E-state index in [4.69, 9.17) is 14.2 Å². The summed E-state index contributed by atoms with van der Waals surface area (Å²) in [5.74, 6) is 0.525. The SMILES string of the molecule is COc1cc2c(cc1CNC(=O)C(=O)c1c(C)[nH]c3ccccc13)OCCCO2. The predicted molar refractivity (Wildman–Crippen MR) is 108 cm³/mol. The molecule has 1 aromatic heterocycles. The van der Waals surface area contributed by atoms with Crippen molar-refractivity contribution in [3.8, 4) is 17.2 Å². The van der Waals surface area contributed by atoms with E-state index in [1.54, 1.807) is 26.2 Å². The van der Waals surface area contributed by atoms with Gasteiger partial charge in [-0.15, -0.1) is 0 Å². The van der Waals surface area contributed by atoms with Crippen molar-refractivity contribution in [1.82, 2.24) is 10.3 Å². The highest BCUT2D eigenvalue weighted by atomic mass is 16.5. The summed E-state index contributed by atoms with van der Waals surface area (Å²) in [4.78, 5) is 28.5. The van der Waals surface area contributed by atoms with Gasteiger partial charge in [0, 0.05) is 41.2 Å². The standard InChI is InChI=1S/C22H22N2O5/c1-13-20(15-6-3-4-7-16(15)24-13)21(25)22(26)23-12-14-10-18-19(11-17(14)27-2)29-9-5-8-28-18/h3-4,6-7,10-11,24H,5,8-9,12H2,1-2H3,(H,23,26). The summed E-state index contributed by atoms with van der Waals surface area (Å²) < 4.78 is 16.8. The Bertz CT molecular complexity index is 1090. The number of amides is 1. The molecule has 2 heterocycles. The molecule has 2 N–H and O–H groups in total. The number of rotatable bonds is 5. The van der Waals surface area contributed by atoms with Gasteiger partial charge in [-0.25, -0.2) is 0 Å². The number of Topliss-reactive ketones (excluding diaryl/α,β-unsaturated/α-hetero) is 1. The number of H-pyrrole nitrogens is 1. The Morgan fingerprint density at radius 1 is 1.14 bits per heavy atom. The van der Waals surface area contributed by atoms with Crippen LogP contribution in [0.2, 0.25) is 0 Å². The van der Waals surface area contributed by atoms with Crippen molar-refractivity contribution in [3.05, 3.63) is 53.2 Å². The van der Waals surface area contributed by atoms with Crippen LogP contribution in [0.3, 0.4) is 0 Å². The molecular formula is C22H22N2O5. The maximum absolute atomic E-state index is 12.8. The molecule has 0 saturated heterocycles. The van der Waals surface area contributed by atoms with Crippen LogP contribution in [-0.4, -0.2) is 37.0 Å². The van der Waals surface area contributed by atoms with Crippen LogP contribution >= 0.6 is 0 Å². The monoisotopic (exact) mass is 394 g/mol. The molecule has 0 radical (unpaired) electrons. The molecule has 0 fully saturated rings. The molecule has 1 amide bonds. The number of fused-ring (bicyclic) bond motifs is 2. The topological polar surface area (TPSA) is 89.7 Å². The van der Waals surface area contributed by atoms with Crippen LogP contribution in [0.4, 0.5) is 0 Å². The number of hydrogen-bond acceptors (Lipinski definition) is 5. The fourth-order valence-electron chi connectivity index (χ4n) is 3.50. The summed E-state index contributed by atoms with van der Waals surface area (Å²) in [5, 5.41) is 3.43. The maximum Gasteiger partial charge on any atom is 0.292 e. The zero-order valence-electron chi connectivity index (χ0n) is 16.3. The smallest absolute Gasteiger partial charge is 0.292 e. The number of hydrogen-bond donors (Lipinski definition) is 2. The molecule has 1 aliphatic rings. The predicted octanol–water partition coefficient (Wildman–Crippen LogP) is 3.15. The van der Waals surface area contributed by atoms with Crippen molar-refractivity contribution >= 4 is 22.6 Å². The summed E-state index contributed by atoms with van der Waals surface area (Å²) in [6, 6.07) is 10.9. The largest absolute Gasteiger partial charge is 0.496 e. The number of aryl methyl sites for hydroxylation is 1. The Morgan fingerprint density at radius 2 is 1.86 bits per heavy atom. The van der Waals surface area contributed by atoms with Gasteiger partial charge in [0.2, 0.25) is 0 Å². The lowest BCUT2D eigenvalue weighted by molar-refractivity contribution is -0.117. The minimum atomic E-state index is -0.674. The van der Waals surface area contributed by atoms with Crippen molar-refractivity contribution in [2.75, 3.05) is 20.3 Å². The van der Waals surface area contributed by atoms with Crippen LogP contribution in [0, 0.1) is 6.92 Å². The molecule has 7 heteroatoms. The fourth-order valence-corrected chi connectivity index (χ4v) is 3.50. The first kappa shape index (κ1) is 18.9. The molecule has 0 unspecified atom stereocenters. The van der Waals surface area contributed by atoms with Crippen LogP contribution in [0.25, 0.3) is 10.9 Å². The van der Waals surface area contributed by atoms with Gasteiger partial charge in [-0.2, -0.15) is 0 Å². The van der Waals surface area contributed by atoms with E-state index < -0.39 is 11.7 Å². The van der Waals surface area contributed by atoms with Gasteiger partial charge in [-0.1, -0.05) is 18.2 Å². The average molecular weight is 394 g/mol. The van der Waals surface area contributed by atoms with Crippen LogP contribution in [0.15, 0.2) is 36.4 Å². The minimum absolute atomic E-state index is 0.131. The van der Waals surface area contributed by atoms with Crippen molar-refractivity contribution in [2.24, 2.45) is 0 Å². The highest BCUT2D eigenvalue weighted by Gasteiger charge is 2.23. The van der Waals surface area contributed by atoms with Gasteiger partial charge in [0.15, 0.2) is 11.5 Å². The van der Waals surface area contributed by atoms with E-state index in [1.165, 1.54) is 0 Å². The third-order valence-corrected chi connectivity index (χ3v) is 4.92. The molecule has 3 aromatic rings. The Labute approximate surface area is 168 Å². The Balaban J connectivity index is 1.54. The van der Waals surface area contributed by atoms with Gasteiger partial charge in [0.25, 0.3) is 11.7 Å². The number of benzene rings is 2. The first-order chi connectivity index (χ1) is 14.1. The number of ether oxygens (including phenoxy) is 3. The van der Waals surface area contributed by atoms with E-state index in [-0.39, 0.29) is 6.54 Å². The second kappa shape index (κ2) is 7.87. The lowest BCUT2D eigenvalue weighted by Crippen LogP contribution is -2.31. The average Bonchev–Trinajstić information content (AvgIpc) is 2.90. The summed E-state index contributed by atoms with van der Waals surface area (Å²) in [5.41, 5.74) is 2.59. The van der Waals surface area contributed by atoms with E-state index in [0.717, 1.165) is 17.3 Å². The van der Waals surface area contributed by atoms with Gasteiger partial charge >= 0.3 is 0 Å². The zero-order chi connectivity index (χ0) is 20.4. The lowest BCUT2D eigenvalue weighted by Gasteiger charge is -2.14. The Morgan fingerprint density at radius 3 is 2.62 bits per heavy atom. The van der Waals surface area contributed by atoms with Crippen LogP contribution in [0.5, 0.6) is 17.2 Å². The van der Waals surface area contributed by atoms with E-state index in [2.05, 4.69) is 10.3 Å². The number of ketones is 1. The Hall–Kier alpha value is -3.48. The lowest BCUT2D eigenvalue weighted by atomic mass is 10.1. The van der Waals surface area contributed by atoms with Gasteiger partial charge < -0.3 is 24.5 Å². The van der Waals surface area contributed by atoms with E-state index >= 15 is 0 Å². The summed E-state index contributed by atoms with van der Waals surface area (Å²) in [6.07, 6.45) is 0.793. The third-order valence-electron chi connectivity index (χ3n) is 4.92. The molecule has 0 atom stereocenters. The van der Waals surface area contributed by atoms with Crippen LogP contribution in [0.1, 0.15) is 28.0 Å². The highest BCUT2D eigenvalue weighted by molar-refractivity contribution is 6.45. The molecule has 0 saturated carbocycles. The van der Waals surface area contributed by atoms with Crippen molar-refractivity contribution in [3.63, 3.8) is 0 Å². The number of nitrogens with one attached hydrogen (secondary N) is 2. The molecule has 4 rings (SSSR count). The Kier molecular flexibility index (Phi) is 5.12. The maximum atomic E-state index is 12.8. The van der Waals surface area contributed by atoms with Crippen LogP contribution in [-0.2, 0) is 11.3 Å². The number of carbonyl (C=O) groups is 2. The minimum Gasteiger partial charge on any atom is -0.496 e. The molecule has 1 aliphatic heterocycles. The zero-order valence-corrected chi connectivity index (χ0v) is 16.3. The first-order valence-electron chi connectivity index (χ1n) is 9.45. The number of aromatic nitrogens is 1. The van der Waals surface area contributed by atoms with Gasteiger partial charge in [-0.05, 0) is 19.1 Å². The summed E-state index contributed by atoms with van der Waals surface area (Å²) in [6.45, 7) is 3.05. The molecule has 29 heavy (non-hydrogen) atoms. The first-order valence-corrected chi connectivity index (χ1v) is 9.45. The quantitative estimate of drug-likeness (QED) is 0.513. The molecule has 150 valence electrons.